The van der Waals surface area contributed by atoms with Crippen LogP contribution >= 0.6 is 11.3 Å². The van der Waals surface area contributed by atoms with Gasteiger partial charge >= 0.3 is 0 Å². The molecule has 1 amide bonds. The molecule has 0 aliphatic heterocycles. The van der Waals surface area contributed by atoms with Crippen molar-refractivity contribution in [2.45, 2.75) is 12.8 Å². The predicted octanol–water partition coefficient (Wildman–Crippen LogP) is 4.41. The Balaban J connectivity index is 1.67. The number of aromatic nitrogens is 1. The maximum Gasteiger partial charge on any atom is 0.226 e. The molecule has 0 atom stereocenters. The van der Waals surface area contributed by atoms with E-state index in [9.17, 15) is 4.79 Å². The summed E-state index contributed by atoms with van der Waals surface area (Å²) in [5.41, 5.74) is 2.54. The number of carbonyl (C=O) groups is 1. The summed E-state index contributed by atoms with van der Waals surface area (Å²) < 4.78 is 16.0. The van der Waals surface area contributed by atoms with Crippen molar-refractivity contribution in [3.63, 3.8) is 0 Å². The number of anilines is 1. The molecule has 0 aliphatic rings. The van der Waals surface area contributed by atoms with Gasteiger partial charge in [-0.3, -0.25) is 4.79 Å². The van der Waals surface area contributed by atoms with Gasteiger partial charge in [0.15, 0.2) is 5.13 Å². The van der Waals surface area contributed by atoms with Gasteiger partial charge in [-0.1, -0.05) is 18.2 Å². The smallest absolute Gasteiger partial charge is 0.226 e. The second kappa shape index (κ2) is 9.23. The van der Waals surface area contributed by atoms with E-state index in [2.05, 4.69) is 10.3 Å². The van der Waals surface area contributed by atoms with Gasteiger partial charge in [0.1, 0.15) is 17.2 Å². The number of hydrogen-bond donors (Lipinski definition) is 1. The Morgan fingerprint density at radius 2 is 1.82 bits per heavy atom. The van der Waals surface area contributed by atoms with Crippen molar-refractivity contribution in [2.75, 3.05) is 26.6 Å². The van der Waals surface area contributed by atoms with E-state index in [0.29, 0.717) is 29.5 Å². The van der Waals surface area contributed by atoms with Gasteiger partial charge in [0.05, 0.1) is 27.0 Å². The first-order valence-electron chi connectivity index (χ1n) is 8.74. The van der Waals surface area contributed by atoms with Crippen molar-refractivity contribution in [3.05, 3.63) is 53.4 Å². The number of benzene rings is 2. The summed E-state index contributed by atoms with van der Waals surface area (Å²) in [6, 6.07) is 13.2. The molecule has 0 saturated carbocycles. The molecular formula is C21H22N2O4S. The van der Waals surface area contributed by atoms with Crippen LogP contribution in [0.3, 0.4) is 0 Å². The van der Waals surface area contributed by atoms with Crippen LogP contribution in [0.2, 0.25) is 0 Å². The summed E-state index contributed by atoms with van der Waals surface area (Å²) >= 11 is 1.37. The number of carbonyl (C=O) groups excluding carboxylic acids is 1. The highest BCUT2D eigenvalue weighted by Gasteiger charge is 2.13. The van der Waals surface area contributed by atoms with Crippen LogP contribution in [0.25, 0.3) is 11.3 Å². The molecule has 0 unspecified atom stereocenters. The number of aryl methyl sites for hydroxylation is 1. The normalized spacial score (nSPS) is 10.4. The van der Waals surface area contributed by atoms with Gasteiger partial charge in [0.2, 0.25) is 5.91 Å². The van der Waals surface area contributed by atoms with E-state index in [1.54, 1.807) is 21.3 Å². The van der Waals surface area contributed by atoms with Gasteiger partial charge in [-0.05, 0) is 36.2 Å². The maximum atomic E-state index is 12.3. The van der Waals surface area contributed by atoms with Gasteiger partial charge in [-0.15, -0.1) is 11.3 Å². The Kier molecular flexibility index (Phi) is 6.49. The number of hydrogen-bond acceptors (Lipinski definition) is 6. The third-order valence-electron chi connectivity index (χ3n) is 4.25. The highest BCUT2D eigenvalue weighted by molar-refractivity contribution is 7.14. The fourth-order valence-electron chi connectivity index (χ4n) is 2.81. The number of thiazole rings is 1. The Bertz CT molecular complexity index is 955. The molecular weight excluding hydrogens is 376 g/mol. The molecule has 1 heterocycles. The lowest BCUT2D eigenvalue weighted by molar-refractivity contribution is -0.116. The van der Waals surface area contributed by atoms with Gasteiger partial charge in [0.25, 0.3) is 0 Å². The van der Waals surface area contributed by atoms with Crippen molar-refractivity contribution in [3.8, 4) is 28.5 Å². The summed E-state index contributed by atoms with van der Waals surface area (Å²) in [7, 11) is 4.85. The van der Waals surface area contributed by atoms with Crippen molar-refractivity contribution in [2.24, 2.45) is 0 Å². The van der Waals surface area contributed by atoms with Crippen molar-refractivity contribution >= 4 is 22.4 Å². The summed E-state index contributed by atoms with van der Waals surface area (Å²) in [6.07, 6.45) is 0.940. The first-order valence-corrected chi connectivity index (χ1v) is 9.62. The minimum Gasteiger partial charge on any atom is -0.497 e. The number of methoxy groups -OCH3 is 3. The van der Waals surface area contributed by atoms with Crippen LogP contribution in [0.4, 0.5) is 5.13 Å². The second-order valence-corrected chi connectivity index (χ2v) is 6.82. The van der Waals surface area contributed by atoms with E-state index in [1.165, 1.54) is 11.3 Å². The minimum atomic E-state index is -0.0931. The number of para-hydroxylation sites is 1. The van der Waals surface area contributed by atoms with Crippen LogP contribution in [0, 0.1) is 0 Å². The van der Waals surface area contributed by atoms with Gasteiger partial charge < -0.3 is 19.5 Å². The van der Waals surface area contributed by atoms with E-state index >= 15 is 0 Å². The molecule has 1 N–H and O–H groups in total. The minimum absolute atomic E-state index is 0.0931. The van der Waals surface area contributed by atoms with E-state index in [-0.39, 0.29) is 5.91 Å². The molecule has 1 aromatic heterocycles. The topological polar surface area (TPSA) is 69.7 Å². The van der Waals surface area contributed by atoms with E-state index in [1.807, 2.05) is 47.8 Å². The third kappa shape index (κ3) is 4.61. The molecule has 6 nitrogen and oxygen atoms in total. The molecule has 0 spiro atoms. The van der Waals surface area contributed by atoms with Crippen LogP contribution in [-0.4, -0.2) is 32.2 Å². The molecule has 0 fully saturated rings. The van der Waals surface area contributed by atoms with E-state index in [0.717, 1.165) is 22.6 Å². The number of amides is 1. The first-order chi connectivity index (χ1) is 13.6. The molecule has 0 radical (unpaired) electrons. The molecule has 146 valence electrons. The summed E-state index contributed by atoms with van der Waals surface area (Å²) in [5, 5.41) is 5.29. The average Bonchev–Trinajstić information content (AvgIpc) is 3.20. The zero-order chi connectivity index (χ0) is 19.9. The predicted molar refractivity (Wildman–Crippen MR) is 111 cm³/mol. The first kappa shape index (κ1) is 19.7. The fourth-order valence-corrected chi connectivity index (χ4v) is 3.54. The van der Waals surface area contributed by atoms with Crippen LogP contribution < -0.4 is 19.5 Å². The van der Waals surface area contributed by atoms with Crippen molar-refractivity contribution in [1.29, 1.82) is 0 Å². The molecule has 7 heteroatoms. The zero-order valence-electron chi connectivity index (χ0n) is 16.0. The maximum absolute atomic E-state index is 12.3. The van der Waals surface area contributed by atoms with E-state index in [4.69, 9.17) is 14.2 Å². The monoisotopic (exact) mass is 398 g/mol. The largest absolute Gasteiger partial charge is 0.497 e. The van der Waals surface area contributed by atoms with Crippen molar-refractivity contribution < 1.29 is 19.0 Å². The van der Waals surface area contributed by atoms with Crippen LogP contribution in [0.5, 0.6) is 17.2 Å². The van der Waals surface area contributed by atoms with Gasteiger partial charge in [-0.2, -0.15) is 0 Å². The number of rotatable bonds is 8. The Morgan fingerprint density at radius 3 is 2.57 bits per heavy atom. The fraction of sp³-hybridized carbons (Fsp3) is 0.238. The van der Waals surface area contributed by atoms with Crippen LogP contribution in [0.15, 0.2) is 47.8 Å². The summed E-state index contributed by atoms with van der Waals surface area (Å²) in [6.45, 7) is 0. The molecule has 0 bridgehead atoms. The standard InChI is InChI=1S/C21H22N2O4S/c1-25-15-9-10-19(27-3)16(12-15)17-13-28-21(22-17)23-20(24)11-8-14-6-4-5-7-18(14)26-2/h4-7,9-10,12-13H,8,11H2,1-3H3,(H,22,23,24). The quantitative estimate of drug-likeness (QED) is 0.609. The SMILES string of the molecule is COc1ccc(OC)c(-c2csc(NC(=O)CCc3ccccc3OC)n2)c1. The lowest BCUT2D eigenvalue weighted by Crippen LogP contribution is -2.12. The number of nitrogens with zero attached hydrogens (tertiary/aromatic N) is 1. The van der Waals surface area contributed by atoms with Crippen LogP contribution in [-0.2, 0) is 11.2 Å². The number of nitrogens with one attached hydrogen (secondary N) is 1. The van der Waals surface area contributed by atoms with Crippen molar-refractivity contribution in [1.82, 2.24) is 4.98 Å². The Hall–Kier alpha value is -3.06. The zero-order valence-corrected chi connectivity index (χ0v) is 16.8. The Labute approximate surface area is 168 Å². The lowest BCUT2D eigenvalue weighted by atomic mass is 10.1. The molecule has 28 heavy (non-hydrogen) atoms. The molecule has 2 aromatic carbocycles. The lowest BCUT2D eigenvalue weighted by Gasteiger charge is -2.08. The second-order valence-electron chi connectivity index (χ2n) is 5.96. The van der Waals surface area contributed by atoms with Crippen LogP contribution in [0.1, 0.15) is 12.0 Å². The molecule has 0 aliphatic carbocycles. The molecule has 3 rings (SSSR count). The average molecular weight is 398 g/mol. The van der Waals surface area contributed by atoms with Gasteiger partial charge in [0, 0.05) is 17.4 Å². The van der Waals surface area contributed by atoms with Gasteiger partial charge in [-0.25, -0.2) is 4.98 Å². The summed E-state index contributed by atoms with van der Waals surface area (Å²) in [4.78, 5) is 16.8. The highest BCUT2D eigenvalue weighted by Crippen LogP contribution is 2.35. The molecule has 0 saturated heterocycles. The number of ether oxygens (including phenoxy) is 3. The highest BCUT2D eigenvalue weighted by atomic mass is 32.1. The summed E-state index contributed by atoms with van der Waals surface area (Å²) in [5.74, 6) is 2.10. The molecule has 3 aromatic rings. The Morgan fingerprint density at radius 1 is 1.04 bits per heavy atom. The van der Waals surface area contributed by atoms with E-state index < -0.39 is 0 Å². The third-order valence-corrected chi connectivity index (χ3v) is 5.00.